The first-order valence-corrected chi connectivity index (χ1v) is 7.25. The lowest BCUT2D eigenvalue weighted by Crippen LogP contribution is -2.13. The van der Waals surface area contributed by atoms with Crippen LogP contribution in [0.2, 0.25) is 5.02 Å². The molecule has 0 radical (unpaired) electrons. The molecule has 0 saturated heterocycles. The third-order valence-corrected chi connectivity index (χ3v) is 3.98. The van der Waals surface area contributed by atoms with Crippen LogP contribution in [-0.4, -0.2) is 15.8 Å². The molecular formula is C17H12ClFN2O2. The maximum Gasteiger partial charge on any atom is 0.200 e. The molecule has 0 aliphatic heterocycles. The van der Waals surface area contributed by atoms with Gasteiger partial charge < -0.3 is 4.57 Å². The predicted octanol–water partition coefficient (Wildman–Crippen LogP) is 3.13. The zero-order chi connectivity index (χ0) is 16.6. The molecule has 23 heavy (non-hydrogen) atoms. The Morgan fingerprint density at radius 1 is 1.39 bits per heavy atom. The monoisotopic (exact) mass is 330 g/mol. The minimum atomic E-state index is -0.495. The zero-order valence-corrected chi connectivity index (χ0v) is 13.0. The van der Waals surface area contributed by atoms with Crippen molar-refractivity contribution < 1.29 is 9.18 Å². The number of aldehydes is 1. The molecule has 6 heteroatoms. The van der Waals surface area contributed by atoms with E-state index in [9.17, 15) is 14.0 Å². The van der Waals surface area contributed by atoms with Gasteiger partial charge in [-0.05, 0) is 17.7 Å². The van der Waals surface area contributed by atoms with Crippen molar-refractivity contribution in [1.82, 2.24) is 9.55 Å². The van der Waals surface area contributed by atoms with Crippen molar-refractivity contribution in [3.8, 4) is 0 Å². The topological polar surface area (TPSA) is 52.0 Å². The Kier molecular flexibility index (Phi) is 3.96. The molecule has 4 nitrogen and oxygen atoms in total. The van der Waals surface area contributed by atoms with Crippen LogP contribution in [0.15, 0.2) is 41.5 Å². The summed E-state index contributed by atoms with van der Waals surface area (Å²) in [5.74, 6) is -0.495. The number of fused-ring (bicyclic) bond motifs is 1. The third kappa shape index (κ3) is 2.75. The number of aromatic nitrogens is 2. The van der Waals surface area contributed by atoms with Crippen LogP contribution in [0.5, 0.6) is 0 Å². The fourth-order valence-electron chi connectivity index (χ4n) is 2.51. The summed E-state index contributed by atoms with van der Waals surface area (Å²) in [5.41, 5.74) is 1.25. The first-order chi connectivity index (χ1) is 11.0. The SMILES string of the molecule is Cn1cc(C=O)c(=O)c2cc(Cc3cccc(Cl)c3F)ncc21. The second kappa shape index (κ2) is 5.93. The molecule has 0 aliphatic carbocycles. The van der Waals surface area contributed by atoms with Crippen molar-refractivity contribution in [1.29, 1.82) is 0 Å². The molecular weight excluding hydrogens is 319 g/mol. The predicted molar refractivity (Wildman–Crippen MR) is 86.6 cm³/mol. The number of hydrogen-bond donors (Lipinski definition) is 0. The highest BCUT2D eigenvalue weighted by Crippen LogP contribution is 2.21. The van der Waals surface area contributed by atoms with E-state index in [0.717, 1.165) is 0 Å². The lowest BCUT2D eigenvalue weighted by molar-refractivity contribution is 0.112. The van der Waals surface area contributed by atoms with Gasteiger partial charge in [-0.25, -0.2) is 4.39 Å². The molecule has 1 aromatic carbocycles. The van der Waals surface area contributed by atoms with Crippen molar-refractivity contribution in [2.45, 2.75) is 6.42 Å². The summed E-state index contributed by atoms with van der Waals surface area (Å²) in [5, 5.41) is 0.423. The zero-order valence-electron chi connectivity index (χ0n) is 12.2. The Hall–Kier alpha value is -2.53. The minimum Gasteiger partial charge on any atom is -0.348 e. The Morgan fingerprint density at radius 3 is 2.91 bits per heavy atom. The normalized spacial score (nSPS) is 10.9. The number of rotatable bonds is 3. The van der Waals surface area contributed by atoms with E-state index in [1.807, 2.05) is 0 Å². The van der Waals surface area contributed by atoms with Crippen molar-refractivity contribution in [3.05, 3.63) is 74.5 Å². The van der Waals surface area contributed by atoms with Crippen LogP contribution in [0, 0.1) is 5.82 Å². The van der Waals surface area contributed by atoms with Crippen LogP contribution in [0.1, 0.15) is 21.6 Å². The summed E-state index contributed by atoms with van der Waals surface area (Å²) in [6, 6.07) is 6.34. The number of hydrogen-bond acceptors (Lipinski definition) is 3. The maximum atomic E-state index is 14.0. The van der Waals surface area contributed by atoms with Crippen LogP contribution in [-0.2, 0) is 13.5 Å². The highest BCUT2D eigenvalue weighted by Gasteiger charge is 2.11. The first kappa shape index (κ1) is 15.4. The molecule has 0 N–H and O–H groups in total. The van der Waals surface area contributed by atoms with Crippen LogP contribution in [0.3, 0.4) is 0 Å². The van der Waals surface area contributed by atoms with Gasteiger partial charge in [-0.2, -0.15) is 0 Å². The van der Waals surface area contributed by atoms with Crippen molar-refractivity contribution >= 4 is 28.8 Å². The van der Waals surface area contributed by atoms with E-state index >= 15 is 0 Å². The van der Waals surface area contributed by atoms with Gasteiger partial charge in [0.2, 0.25) is 0 Å². The van der Waals surface area contributed by atoms with Crippen LogP contribution >= 0.6 is 11.6 Å². The molecule has 0 unspecified atom stereocenters. The Bertz CT molecular complexity index is 982. The fourth-order valence-corrected chi connectivity index (χ4v) is 2.70. The quantitative estimate of drug-likeness (QED) is 0.693. The minimum absolute atomic E-state index is 0.0439. The van der Waals surface area contributed by atoms with Gasteiger partial charge in [0.25, 0.3) is 0 Å². The molecule has 116 valence electrons. The van der Waals surface area contributed by atoms with Gasteiger partial charge in [0.1, 0.15) is 5.82 Å². The summed E-state index contributed by atoms with van der Waals surface area (Å²) in [6.45, 7) is 0. The average molecular weight is 331 g/mol. The molecule has 0 amide bonds. The number of aryl methyl sites for hydroxylation is 1. The van der Waals surface area contributed by atoms with Crippen molar-refractivity contribution in [2.24, 2.45) is 7.05 Å². The molecule has 0 aliphatic rings. The van der Waals surface area contributed by atoms with E-state index in [1.165, 1.54) is 12.3 Å². The lowest BCUT2D eigenvalue weighted by atomic mass is 10.1. The van der Waals surface area contributed by atoms with Gasteiger partial charge in [0.15, 0.2) is 11.7 Å². The summed E-state index contributed by atoms with van der Waals surface area (Å²) in [4.78, 5) is 27.5. The summed E-state index contributed by atoms with van der Waals surface area (Å²) in [7, 11) is 1.73. The average Bonchev–Trinajstić information content (AvgIpc) is 2.55. The lowest BCUT2D eigenvalue weighted by Gasteiger charge is -2.08. The number of halogens is 2. The second-order valence-electron chi connectivity index (χ2n) is 5.22. The Balaban J connectivity index is 2.13. The molecule has 0 atom stereocenters. The Labute approximate surface area is 136 Å². The Morgan fingerprint density at radius 2 is 2.17 bits per heavy atom. The smallest absolute Gasteiger partial charge is 0.200 e. The largest absolute Gasteiger partial charge is 0.348 e. The fraction of sp³-hybridized carbons (Fsp3) is 0.118. The number of benzene rings is 1. The number of pyridine rings is 2. The highest BCUT2D eigenvalue weighted by atomic mass is 35.5. The number of nitrogens with zero attached hydrogens (tertiary/aromatic N) is 2. The molecule has 0 saturated carbocycles. The molecule has 0 spiro atoms. The summed E-state index contributed by atoms with van der Waals surface area (Å²) in [6.07, 6.45) is 3.74. The summed E-state index contributed by atoms with van der Waals surface area (Å²) >= 11 is 5.77. The standard InChI is InChI=1S/C17H12ClFN2O2/c1-21-8-11(9-22)17(23)13-6-12(20-7-15(13)21)5-10-3-2-4-14(18)16(10)19/h2-4,6-9H,5H2,1H3. The van der Waals surface area contributed by atoms with Gasteiger partial charge in [-0.3, -0.25) is 14.6 Å². The van der Waals surface area contributed by atoms with E-state index < -0.39 is 5.82 Å². The van der Waals surface area contributed by atoms with Gasteiger partial charge in [-0.15, -0.1) is 0 Å². The van der Waals surface area contributed by atoms with Crippen LogP contribution in [0.4, 0.5) is 4.39 Å². The van der Waals surface area contributed by atoms with Gasteiger partial charge in [0, 0.05) is 30.7 Å². The van der Waals surface area contributed by atoms with E-state index in [4.69, 9.17) is 11.6 Å². The number of carbonyl (C=O) groups excluding carboxylic acids is 1. The molecule has 0 fully saturated rings. The molecule has 3 aromatic rings. The third-order valence-electron chi connectivity index (χ3n) is 3.69. The van der Waals surface area contributed by atoms with Gasteiger partial charge >= 0.3 is 0 Å². The number of carbonyl (C=O) groups is 1. The van der Waals surface area contributed by atoms with Crippen molar-refractivity contribution in [2.75, 3.05) is 0 Å². The maximum absolute atomic E-state index is 14.0. The molecule has 2 heterocycles. The van der Waals surface area contributed by atoms with Crippen LogP contribution < -0.4 is 5.43 Å². The first-order valence-electron chi connectivity index (χ1n) is 6.87. The van der Waals surface area contributed by atoms with Gasteiger partial charge in [-0.1, -0.05) is 23.7 Å². The molecule has 2 aromatic heterocycles. The van der Waals surface area contributed by atoms with E-state index in [0.29, 0.717) is 28.4 Å². The summed E-state index contributed by atoms with van der Waals surface area (Å²) < 4.78 is 15.7. The second-order valence-corrected chi connectivity index (χ2v) is 5.63. The van der Waals surface area contributed by atoms with Crippen molar-refractivity contribution in [3.63, 3.8) is 0 Å². The van der Waals surface area contributed by atoms with E-state index in [2.05, 4.69) is 4.98 Å². The van der Waals surface area contributed by atoms with Crippen LogP contribution in [0.25, 0.3) is 10.9 Å². The molecule has 0 bridgehead atoms. The molecule has 3 rings (SSSR count). The van der Waals surface area contributed by atoms with E-state index in [-0.39, 0.29) is 22.4 Å². The van der Waals surface area contributed by atoms with Gasteiger partial charge in [0.05, 0.1) is 22.3 Å². The highest BCUT2D eigenvalue weighted by molar-refractivity contribution is 6.30. The van der Waals surface area contributed by atoms with E-state index in [1.54, 1.807) is 36.0 Å².